The van der Waals surface area contributed by atoms with E-state index in [-0.39, 0.29) is 23.8 Å². The third-order valence-electron chi connectivity index (χ3n) is 8.73. The molecule has 1 spiro atoms. The molecule has 0 aliphatic carbocycles. The number of carbonyl (C=O) groups excluding carboxylic acids is 2. The number of ether oxygens (including phenoxy) is 2. The van der Waals surface area contributed by atoms with E-state index in [1.165, 1.54) is 12.0 Å². The van der Waals surface area contributed by atoms with Gasteiger partial charge < -0.3 is 19.3 Å². The Morgan fingerprint density at radius 3 is 2.21 bits per heavy atom. The van der Waals surface area contributed by atoms with Gasteiger partial charge in [0.2, 0.25) is 5.91 Å². The highest BCUT2D eigenvalue weighted by atomic mass is 16.6. The van der Waals surface area contributed by atoms with Gasteiger partial charge in [-0.2, -0.15) is 0 Å². The fourth-order valence-corrected chi connectivity index (χ4v) is 6.56. The molecule has 5 rings (SSSR count). The van der Waals surface area contributed by atoms with Gasteiger partial charge in [-0.1, -0.05) is 42.5 Å². The van der Waals surface area contributed by atoms with Crippen LogP contribution in [-0.4, -0.2) is 78.7 Å². The van der Waals surface area contributed by atoms with Crippen molar-refractivity contribution in [2.24, 2.45) is 11.3 Å². The predicted molar refractivity (Wildman–Crippen MR) is 152 cm³/mol. The molecule has 0 saturated carbocycles. The lowest BCUT2D eigenvalue weighted by atomic mass is 9.77. The van der Waals surface area contributed by atoms with Gasteiger partial charge in [-0.05, 0) is 75.3 Å². The molecule has 2 aromatic carbocycles. The fourth-order valence-electron chi connectivity index (χ4n) is 6.56. The summed E-state index contributed by atoms with van der Waals surface area (Å²) in [5.74, 6) is 0.801. The van der Waals surface area contributed by atoms with Crippen molar-refractivity contribution in [3.8, 4) is 5.75 Å². The van der Waals surface area contributed by atoms with Crippen LogP contribution in [0.25, 0.3) is 0 Å². The second-order valence-electron chi connectivity index (χ2n) is 12.6. The maximum Gasteiger partial charge on any atom is 0.410 e. The van der Waals surface area contributed by atoms with Crippen molar-refractivity contribution in [2.45, 2.75) is 58.1 Å². The highest BCUT2D eigenvalue weighted by molar-refractivity contribution is 5.82. The van der Waals surface area contributed by atoms with Gasteiger partial charge in [0.25, 0.3) is 0 Å². The van der Waals surface area contributed by atoms with E-state index in [0.29, 0.717) is 18.5 Å². The molecule has 7 heteroatoms. The average molecular weight is 534 g/mol. The number of hydrogen-bond acceptors (Lipinski definition) is 5. The van der Waals surface area contributed by atoms with E-state index in [4.69, 9.17) is 9.47 Å². The quantitative estimate of drug-likeness (QED) is 0.531. The lowest BCUT2D eigenvalue weighted by molar-refractivity contribution is -0.137. The number of benzene rings is 2. The number of methoxy groups -OCH3 is 1. The van der Waals surface area contributed by atoms with E-state index < -0.39 is 5.60 Å². The Kier molecular flexibility index (Phi) is 7.90. The predicted octanol–water partition coefficient (Wildman–Crippen LogP) is 5.16. The molecule has 210 valence electrons. The van der Waals surface area contributed by atoms with Crippen molar-refractivity contribution < 1.29 is 19.1 Å². The zero-order chi connectivity index (χ0) is 27.6. The summed E-state index contributed by atoms with van der Waals surface area (Å²) in [5.41, 5.74) is 2.15. The summed E-state index contributed by atoms with van der Waals surface area (Å²) in [6.07, 6.45) is 2.93. The fraction of sp³-hybridized carbons (Fsp3) is 0.562. The molecule has 39 heavy (non-hydrogen) atoms. The highest BCUT2D eigenvalue weighted by Crippen LogP contribution is 2.42. The molecule has 0 bridgehead atoms. The first-order chi connectivity index (χ1) is 18.6. The molecule has 0 radical (unpaired) electrons. The van der Waals surface area contributed by atoms with Gasteiger partial charge in [-0.15, -0.1) is 0 Å². The second kappa shape index (κ2) is 11.2. The molecule has 0 aromatic heterocycles. The summed E-state index contributed by atoms with van der Waals surface area (Å²) in [6.45, 7) is 11.3. The number of carbonyl (C=O) groups is 2. The molecule has 3 heterocycles. The Labute approximate surface area is 233 Å². The molecule has 3 fully saturated rings. The lowest BCUT2D eigenvalue weighted by Gasteiger charge is -2.40. The van der Waals surface area contributed by atoms with E-state index in [1.807, 2.05) is 51.1 Å². The Balaban J connectivity index is 1.21. The summed E-state index contributed by atoms with van der Waals surface area (Å²) in [5, 5.41) is 0. The Morgan fingerprint density at radius 1 is 0.897 bits per heavy atom. The van der Waals surface area contributed by atoms with Crippen LogP contribution in [0.2, 0.25) is 0 Å². The van der Waals surface area contributed by atoms with Crippen LogP contribution in [0, 0.1) is 11.3 Å². The van der Waals surface area contributed by atoms with Crippen LogP contribution in [0.5, 0.6) is 5.75 Å². The first kappa shape index (κ1) is 27.5. The average Bonchev–Trinajstić information content (AvgIpc) is 3.54. The highest BCUT2D eigenvalue weighted by Gasteiger charge is 2.46. The normalized spacial score (nSPS) is 23.3. The molecule has 7 nitrogen and oxygen atoms in total. The first-order valence-corrected chi connectivity index (χ1v) is 14.3. The van der Waals surface area contributed by atoms with E-state index in [1.54, 1.807) is 12.0 Å². The number of rotatable bonds is 5. The number of nitrogens with zero attached hydrogens (tertiary/aromatic N) is 3. The Morgan fingerprint density at radius 2 is 1.56 bits per heavy atom. The van der Waals surface area contributed by atoms with Crippen molar-refractivity contribution in [3.05, 3.63) is 65.7 Å². The Bertz CT molecular complexity index is 1140. The monoisotopic (exact) mass is 533 g/mol. The number of hydrogen-bond donors (Lipinski definition) is 0. The molecule has 3 aliphatic rings. The smallest absolute Gasteiger partial charge is 0.410 e. The van der Waals surface area contributed by atoms with Gasteiger partial charge in [-0.25, -0.2) is 4.79 Å². The van der Waals surface area contributed by atoms with Crippen LogP contribution >= 0.6 is 0 Å². The molecular formula is C32H43N3O4. The van der Waals surface area contributed by atoms with Crippen molar-refractivity contribution in [1.82, 2.24) is 14.7 Å². The number of piperidine rings is 1. The summed E-state index contributed by atoms with van der Waals surface area (Å²) < 4.78 is 11.0. The lowest BCUT2D eigenvalue weighted by Crippen LogP contribution is -2.47. The van der Waals surface area contributed by atoms with E-state index >= 15 is 0 Å². The van der Waals surface area contributed by atoms with Crippen LogP contribution in [0.4, 0.5) is 4.79 Å². The standard InChI is InChI=1S/C32H43N3O4/c1-31(2,3)39-30(37)35-21-27(25-8-6-5-7-9-25)28(22-35)29(36)34-18-15-32(16-19-34)14-17-33(23-32)20-24-10-12-26(38-4)13-11-24/h5-13,27-28H,14-23H2,1-4H3/t27-,28-/m1/s1. The van der Waals surface area contributed by atoms with E-state index in [2.05, 4.69) is 34.1 Å². The molecule has 2 atom stereocenters. The zero-order valence-corrected chi connectivity index (χ0v) is 23.9. The van der Waals surface area contributed by atoms with Crippen molar-refractivity contribution >= 4 is 12.0 Å². The summed E-state index contributed by atoms with van der Waals surface area (Å²) >= 11 is 0. The van der Waals surface area contributed by atoms with Gasteiger partial charge in [-0.3, -0.25) is 9.69 Å². The minimum atomic E-state index is -0.564. The molecule has 2 amide bonds. The zero-order valence-electron chi connectivity index (χ0n) is 23.9. The van der Waals surface area contributed by atoms with E-state index in [9.17, 15) is 9.59 Å². The third-order valence-corrected chi connectivity index (χ3v) is 8.73. The first-order valence-electron chi connectivity index (χ1n) is 14.3. The molecule has 3 aliphatic heterocycles. The van der Waals surface area contributed by atoms with Crippen molar-refractivity contribution in [1.29, 1.82) is 0 Å². The molecule has 2 aromatic rings. The maximum atomic E-state index is 13.9. The molecule has 0 N–H and O–H groups in total. The van der Waals surface area contributed by atoms with Crippen LogP contribution in [-0.2, 0) is 16.1 Å². The van der Waals surface area contributed by atoms with Gasteiger partial charge in [0.1, 0.15) is 11.4 Å². The minimum Gasteiger partial charge on any atom is -0.497 e. The van der Waals surface area contributed by atoms with Gasteiger partial charge >= 0.3 is 6.09 Å². The Hall–Kier alpha value is -3.06. The SMILES string of the molecule is COc1ccc(CN2CCC3(CCN(C(=O)[C@@H]4CN(C(=O)OC(C)(C)C)C[C@@H]4c4ccccc4)CC3)C2)cc1. The van der Waals surface area contributed by atoms with Crippen LogP contribution in [0.3, 0.4) is 0 Å². The van der Waals surface area contributed by atoms with E-state index in [0.717, 1.165) is 56.9 Å². The van der Waals surface area contributed by atoms with Crippen LogP contribution in [0.15, 0.2) is 54.6 Å². The van der Waals surface area contributed by atoms with Gasteiger partial charge in [0.15, 0.2) is 0 Å². The summed E-state index contributed by atoms with van der Waals surface area (Å²) in [7, 11) is 1.70. The summed E-state index contributed by atoms with van der Waals surface area (Å²) in [4.78, 5) is 33.2. The molecule has 0 unspecified atom stereocenters. The topological polar surface area (TPSA) is 62.3 Å². The second-order valence-corrected chi connectivity index (χ2v) is 12.6. The maximum absolute atomic E-state index is 13.9. The molecule has 3 saturated heterocycles. The van der Waals surface area contributed by atoms with Crippen LogP contribution < -0.4 is 4.74 Å². The van der Waals surface area contributed by atoms with Gasteiger partial charge in [0, 0.05) is 45.2 Å². The number of amides is 2. The van der Waals surface area contributed by atoms with Crippen molar-refractivity contribution in [3.63, 3.8) is 0 Å². The largest absolute Gasteiger partial charge is 0.497 e. The third kappa shape index (κ3) is 6.40. The summed E-state index contributed by atoms with van der Waals surface area (Å²) in [6, 6.07) is 18.5. The number of likely N-dealkylation sites (tertiary alicyclic amines) is 3. The minimum absolute atomic E-state index is 0.0198. The van der Waals surface area contributed by atoms with Gasteiger partial charge in [0.05, 0.1) is 13.0 Å². The molecular weight excluding hydrogens is 490 g/mol. The van der Waals surface area contributed by atoms with Crippen molar-refractivity contribution in [2.75, 3.05) is 46.4 Å². The van der Waals surface area contributed by atoms with Crippen LogP contribution in [0.1, 0.15) is 57.1 Å².